The highest BCUT2D eigenvalue weighted by atomic mass is 16.5. The minimum atomic E-state index is -0.508. The lowest BCUT2D eigenvalue weighted by molar-refractivity contribution is 0.126. The van der Waals surface area contributed by atoms with E-state index < -0.39 is 6.10 Å². The molecule has 4 heteroatoms. The van der Waals surface area contributed by atoms with Crippen molar-refractivity contribution in [2.45, 2.75) is 32.3 Å². The van der Waals surface area contributed by atoms with E-state index in [0.29, 0.717) is 6.54 Å². The van der Waals surface area contributed by atoms with Crippen molar-refractivity contribution < 1.29 is 14.6 Å². The van der Waals surface area contributed by atoms with Crippen LogP contribution in [0.5, 0.6) is 5.75 Å². The lowest BCUT2D eigenvalue weighted by atomic mass is 10.1. The molecule has 4 nitrogen and oxygen atoms in total. The summed E-state index contributed by atoms with van der Waals surface area (Å²) in [6.45, 7) is 5.19. The van der Waals surface area contributed by atoms with Crippen LogP contribution in [0, 0.1) is 0 Å². The molecule has 1 aromatic rings. The second-order valence-corrected chi connectivity index (χ2v) is 4.82. The third kappa shape index (κ3) is 6.89. The average Bonchev–Trinajstić information content (AvgIpc) is 2.49. The van der Waals surface area contributed by atoms with E-state index in [9.17, 15) is 5.11 Å². The number of aliphatic hydroxyl groups is 1. The third-order valence-electron chi connectivity index (χ3n) is 3.10. The first-order valence-electron chi connectivity index (χ1n) is 7.38. The maximum Gasteiger partial charge on any atom is 0.119 e. The van der Waals surface area contributed by atoms with Crippen LogP contribution in [0.15, 0.2) is 24.3 Å². The van der Waals surface area contributed by atoms with Gasteiger partial charge in [-0.15, -0.1) is 0 Å². The first kappa shape index (κ1) is 17.0. The summed E-state index contributed by atoms with van der Waals surface area (Å²) in [5.74, 6) is 0.769. The number of ether oxygens (including phenoxy) is 2. The smallest absolute Gasteiger partial charge is 0.119 e. The summed E-state index contributed by atoms with van der Waals surface area (Å²) >= 11 is 0. The van der Waals surface area contributed by atoms with E-state index in [-0.39, 0.29) is 0 Å². The van der Waals surface area contributed by atoms with Gasteiger partial charge in [-0.05, 0) is 37.1 Å². The van der Waals surface area contributed by atoms with Crippen molar-refractivity contribution in [3.8, 4) is 5.75 Å². The van der Waals surface area contributed by atoms with E-state index >= 15 is 0 Å². The molecule has 0 bridgehead atoms. The number of methoxy groups -OCH3 is 1. The molecule has 0 spiro atoms. The number of unbranched alkanes of at least 4 members (excludes halogenated alkanes) is 1. The average molecular weight is 281 g/mol. The highest BCUT2D eigenvalue weighted by Gasteiger charge is 2.07. The van der Waals surface area contributed by atoms with Crippen LogP contribution in [0.1, 0.15) is 37.9 Å². The Morgan fingerprint density at radius 1 is 1.25 bits per heavy atom. The predicted molar refractivity (Wildman–Crippen MR) is 81.2 cm³/mol. The van der Waals surface area contributed by atoms with Gasteiger partial charge in [-0.1, -0.05) is 25.5 Å². The number of hydrogen-bond donors (Lipinski definition) is 2. The highest BCUT2D eigenvalue weighted by Crippen LogP contribution is 2.18. The molecule has 1 rings (SSSR count). The Labute approximate surface area is 122 Å². The molecule has 114 valence electrons. The van der Waals surface area contributed by atoms with Gasteiger partial charge < -0.3 is 19.9 Å². The van der Waals surface area contributed by atoms with Crippen LogP contribution in [0.3, 0.4) is 0 Å². The summed E-state index contributed by atoms with van der Waals surface area (Å²) in [7, 11) is 1.63. The molecule has 1 aromatic carbocycles. The van der Waals surface area contributed by atoms with Crippen LogP contribution in [0.2, 0.25) is 0 Å². The highest BCUT2D eigenvalue weighted by molar-refractivity contribution is 5.29. The summed E-state index contributed by atoms with van der Waals surface area (Å²) in [6.07, 6.45) is 2.76. The molecule has 2 N–H and O–H groups in total. The normalized spacial score (nSPS) is 12.3. The van der Waals surface area contributed by atoms with Crippen LogP contribution in [0.25, 0.3) is 0 Å². The van der Waals surface area contributed by atoms with Crippen LogP contribution < -0.4 is 10.1 Å². The topological polar surface area (TPSA) is 50.7 Å². The van der Waals surface area contributed by atoms with Crippen LogP contribution in [-0.2, 0) is 4.74 Å². The largest absolute Gasteiger partial charge is 0.497 e. The van der Waals surface area contributed by atoms with Crippen molar-refractivity contribution >= 4 is 0 Å². The lowest BCUT2D eigenvalue weighted by Gasteiger charge is -2.13. The number of benzene rings is 1. The fourth-order valence-electron chi connectivity index (χ4n) is 1.85. The van der Waals surface area contributed by atoms with E-state index in [1.807, 2.05) is 24.3 Å². The number of hydrogen-bond acceptors (Lipinski definition) is 4. The van der Waals surface area contributed by atoms with Crippen LogP contribution >= 0.6 is 0 Å². The van der Waals surface area contributed by atoms with E-state index in [1.165, 1.54) is 6.42 Å². The molecule has 20 heavy (non-hydrogen) atoms. The standard InChI is InChI=1S/C16H27NO3/c1-3-4-10-20-11-6-9-17-13-16(18)14-7-5-8-15(12-14)19-2/h5,7-8,12,16-18H,3-4,6,9-11,13H2,1-2H3. The minimum Gasteiger partial charge on any atom is -0.497 e. The van der Waals surface area contributed by atoms with E-state index in [1.54, 1.807) is 7.11 Å². The van der Waals surface area contributed by atoms with Gasteiger partial charge in [0.2, 0.25) is 0 Å². The predicted octanol–water partition coefficient (Wildman–Crippen LogP) is 2.53. The zero-order chi connectivity index (χ0) is 14.6. The molecule has 0 aliphatic carbocycles. The third-order valence-corrected chi connectivity index (χ3v) is 3.10. The van der Waals surface area contributed by atoms with Crippen molar-refractivity contribution in [3.05, 3.63) is 29.8 Å². The Hall–Kier alpha value is -1.10. The zero-order valence-corrected chi connectivity index (χ0v) is 12.6. The first-order chi connectivity index (χ1) is 9.77. The number of nitrogens with one attached hydrogen (secondary N) is 1. The molecular formula is C16H27NO3. The fourth-order valence-corrected chi connectivity index (χ4v) is 1.85. The summed E-state index contributed by atoms with van der Waals surface area (Å²) in [6, 6.07) is 7.53. The molecule has 0 aromatic heterocycles. The number of aliphatic hydroxyl groups excluding tert-OH is 1. The molecule has 1 unspecified atom stereocenters. The molecule has 0 saturated heterocycles. The van der Waals surface area contributed by atoms with Crippen molar-refractivity contribution in [2.24, 2.45) is 0 Å². The molecular weight excluding hydrogens is 254 g/mol. The maximum absolute atomic E-state index is 10.1. The Morgan fingerprint density at radius 3 is 2.80 bits per heavy atom. The Bertz CT molecular complexity index is 357. The van der Waals surface area contributed by atoms with E-state index in [4.69, 9.17) is 9.47 Å². The quantitative estimate of drug-likeness (QED) is 0.612. The molecule has 0 amide bonds. The first-order valence-corrected chi connectivity index (χ1v) is 7.38. The summed E-state index contributed by atoms with van der Waals surface area (Å²) in [4.78, 5) is 0. The van der Waals surface area contributed by atoms with Crippen molar-refractivity contribution in [2.75, 3.05) is 33.4 Å². The van der Waals surface area contributed by atoms with Gasteiger partial charge in [0, 0.05) is 19.8 Å². The molecule has 0 aliphatic rings. The summed E-state index contributed by atoms with van der Waals surface area (Å²) < 4.78 is 10.6. The van der Waals surface area contributed by atoms with Gasteiger partial charge in [-0.3, -0.25) is 0 Å². The van der Waals surface area contributed by atoms with Crippen LogP contribution in [0.4, 0.5) is 0 Å². The molecule has 1 atom stereocenters. The van der Waals surface area contributed by atoms with Gasteiger partial charge in [0.25, 0.3) is 0 Å². The van der Waals surface area contributed by atoms with Crippen molar-refractivity contribution in [1.29, 1.82) is 0 Å². The second-order valence-electron chi connectivity index (χ2n) is 4.82. The SMILES string of the molecule is CCCCOCCCNCC(O)c1cccc(OC)c1. The molecule has 0 fully saturated rings. The lowest BCUT2D eigenvalue weighted by Crippen LogP contribution is -2.23. The summed E-state index contributed by atoms with van der Waals surface area (Å²) in [5.41, 5.74) is 0.871. The van der Waals surface area contributed by atoms with E-state index in [2.05, 4.69) is 12.2 Å². The van der Waals surface area contributed by atoms with Gasteiger partial charge in [0.05, 0.1) is 13.2 Å². The Morgan fingerprint density at radius 2 is 2.05 bits per heavy atom. The maximum atomic E-state index is 10.1. The van der Waals surface area contributed by atoms with Crippen LogP contribution in [-0.4, -0.2) is 38.5 Å². The van der Waals surface area contributed by atoms with Gasteiger partial charge >= 0.3 is 0 Å². The number of rotatable bonds is 11. The fraction of sp³-hybridized carbons (Fsp3) is 0.625. The van der Waals surface area contributed by atoms with Gasteiger partial charge in [0.15, 0.2) is 0 Å². The van der Waals surface area contributed by atoms with Gasteiger partial charge in [0.1, 0.15) is 5.75 Å². The molecule has 0 saturated carbocycles. The molecule has 0 radical (unpaired) electrons. The summed E-state index contributed by atoms with van der Waals surface area (Å²) in [5, 5.41) is 13.3. The van der Waals surface area contributed by atoms with Gasteiger partial charge in [-0.25, -0.2) is 0 Å². The minimum absolute atomic E-state index is 0.508. The Balaban J connectivity index is 2.12. The van der Waals surface area contributed by atoms with E-state index in [0.717, 1.165) is 43.9 Å². The van der Waals surface area contributed by atoms with Gasteiger partial charge in [-0.2, -0.15) is 0 Å². The Kier molecular flexibility index (Phi) is 9.04. The van der Waals surface area contributed by atoms with Crippen molar-refractivity contribution in [1.82, 2.24) is 5.32 Å². The monoisotopic (exact) mass is 281 g/mol. The second kappa shape index (κ2) is 10.7. The molecule has 0 aliphatic heterocycles. The van der Waals surface area contributed by atoms with Crippen molar-refractivity contribution in [3.63, 3.8) is 0 Å². The molecule has 0 heterocycles. The zero-order valence-electron chi connectivity index (χ0n) is 12.6.